The molecule has 0 fully saturated rings. The molecule has 1 atom stereocenters. The molecule has 54 valence electrons. The zero-order valence-corrected chi connectivity index (χ0v) is 6.15. The highest BCUT2D eigenvalue weighted by Crippen LogP contribution is 2.18. The second kappa shape index (κ2) is 3.59. The summed E-state index contributed by atoms with van der Waals surface area (Å²) in [7, 11) is 0. The van der Waals surface area contributed by atoms with E-state index in [9.17, 15) is 4.39 Å². The van der Waals surface area contributed by atoms with Crippen molar-refractivity contribution in [1.29, 1.82) is 0 Å². The minimum atomic E-state index is -1.39. The van der Waals surface area contributed by atoms with E-state index in [1.165, 1.54) is 6.92 Å². The molecular weight excluding hydrogens is 117 g/mol. The van der Waals surface area contributed by atoms with Crippen LogP contribution in [0.25, 0.3) is 0 Å². The predicted molar refractivity (Wildman–Crippen MR) is 38.6 cm³/mol. The first-order chi connectivity index (χ1) is 4.12. The highest BCUT2D eigenvalue weighted by molar-refractivity contribution is 5.24. The van der Waals surface area contributed by atoms with Gasteiger partial charge in [-0.3, -0.25) is 4.99 Å². The smallest absolute Gasteiger partial charge is 0.196 e. The minimum absolute atomic E-state index is 0.493. The van der Waals surface area contributed by atoms with E-state index in [1.54, 1.807) is 0 Å². The van der Waals surface area contributed by atoms with Gasteiger partial charge in [-0.2, -0.15) is 0 Å². The fourth-order valence-corrected chi connectivity index (χ4v) is 0.578. The molecule has 0 aromatic rings. The molecule has 0 bridgehead atoms. The van der Waals surface area contributed by atoms with Crippen molar-refractivity contribution < 1.29 is 4.39 Å². The third-order valence-electron chi connectivity index (χ3n) is 1.32. The Morgan fingerprint density at radius 1 is 1.67 bits per heavy atom. The lowest BCUT2D eigenvalue weighted by Gasteiger charge is -2.12. The molecule has 9 heavy (non-hydrogen) atoms. The number of hydrogen-bond acceptors (Lipinski definition) is 1. The molecule has 1 nitrogen and oxygen atoms in total. The number of aliphatic imine (C=N–C) groups is 1. The van der Waals surface area contributed by atoms with E-state index in [4.69, 9.17) is 0 Å². The second-order valence-corrected chi connectivity index (χ2v) is 2.40. The van der Waals surface area contributed by atoms with Crippen LogP contribution in [0.3, 0.4) is 0 Å². The highest BCUT2D eigenvalue weighted by Gasteiger charge is 2.17. The maximum absolute atomic E-state index is 12.8. The molecule has 0 spiro atoms. The number of rotatable bonds is 4. The average Bonchev–Trinajstić information content (AvgIpc) is 1.84. The largest absolute Gasteiger partial charge is 0.262 e. The maximum Gasteiger partial charge on any atom is 0.196 e. The highest BCUT2D eigenvalue weighted by atomic mass is 19.1. The summed E-state index contributed by atoms with van der Waals surface area (Å²) in [5, 5.41) is 0. The lowest BCUT2D eigenvalue weighted by Crippen LogP contribution is -2.12. The van der Waals surface area contributed by atoms with Crippen LogP contribution in [0.2, 0.25) is 0 Å². The van der Waals surface area contributed by atoms with Crippen molar-refractivity contribution in [3.63, 3.8) is 0 Å². The molecule has 0 saturated carbocycles. The van der Waals surface area contributed by atoms with Gasteiger partial charge in [0.1, 0.15) is 0 Å². The lowest BCUT2D eigenvalue weighted by atomic mass is 10.1. The van der Waals surface area contributed by atoms with Crippen LogP contribution < -0.4 is 0 Å². The van der Waals surface area contributed by atoms with Gasteiger partial charge in [-0.15, -0.1) is 0 Å². The van der Waals surface area contributed by atoms with Crippen LogP contribution in [-0.2, 0) is 0 Å². The van der Waals surface area contributed by atoms with Gasteiger partial charge in [0, 0.05) is 6.42 Å². The maximum atomic E-state index is 12.8. The Hall–Kier alpha value is -0.400. The van der Waals surface area contributed by atoms with Gasteiger partial charge in [0.25, 0.3) is 0 Å². The lowest BCUT2D eigenvalue weighted by molar-refractivity contribution is 0.185. The van der Waals surface area contributed by atoms with Gasteiger partial charge in [-0.25, -0.2) is 4.39 Å². The molecule has 0 N–H and O–H groups in total. The number of alkyl halides is 1. The van der Waals surface area contributed by atoms with Crippen molar-refractivity contribution in [1.82, 2.24) is 0 Å². The summed E-state index contributed by atoms with van der Waals surface area (Å²) in [6.07, 6.45) is 2.38. The molecule has 0 rings (SSSR count). The van der Waals surface area contributed by atoms with E-state index in [1.807, 2.05) is 6.92 Å². The third kappa shape index (κ3) is 4.13. The van der Waals surface area contributed by atoms with Crippen LogP contribution in [0.4, 0.5) is 4.39 Å². The predicted octanol–water partition coefficient (Wildman–Crippen LogP) is 2.56. The van der Waals surface area contributed by atoms with E-state index >= 15 is 0 Å². The van der Waals surface area contributed by atoms with Crippen molar-refractivity contribution in [2.45, 2.75) is 38.9 Å². The topological polar surface area (TPSA) is 12.4 Å². The van der Waals surface area contributed by atoms with Gasteiger partial charge < -0.3 is 0 Å². The molecule has 2 heteroatoms. The average molecular weight is 131 g/mol. The molecule has 0 saturated heterocycles. The van der Waals surface area contributed by atoms with Crippen molar-refractivity contribution >= 4 is 6.72 Å². The molecule has 0 aromatic heterocycles. The fraction of sp³-hybridized carbons (Fsp3) is 0.857. The molecule has 0 aliphatic rings. The van der Waals surface area contributed by atoms with Crippen LogP contribution >= 0.6 is 0 Å². The zero-order chi connectivity index (χ0) is 7.33. The van der Waals surface area contributed by atoms with Gasteiger partial charge in [-0.05, 0) is 20.1 Å². The number of nitrogens with zero attached hydrogens (tertiary/aromatic N) is 1. The van der Waals surface area contributed by atoms with E-state index in [0.717, 1.165) is 12.8 Å². The van der Waals surface area contributed by atoms with Crippen molar-refractivity contribution in [3.05, 3.63) is 0 Å². The first-order valence-corrected chi connectivity index (χ1v) is 3.29. The standard InChI is InChI=1S/C7H14FN/c1-4-5-6-7(2,8)9-3/h3-6H2,1-2H3. The molecule has 0 amide bonds. The van der Waals surface area contributed by atoms with Crippen LogP contribution in [0.1, 0.15) is 33.1 Å². The Kier molecular flexibility index (Phi) is 3.43. The van der Waals surface area contributed by atoms with Crippen LogP contribution in [0.15, 0.2) is 4.99 Å². The van der Waals surface area contributed by atoms with Crippen molar-refractivity contribution in [2.75, 3.05) is 0 Å². The Balaban J connectivity index is 3.45. The molecule has 0 heterocycles. The van der Waals surface area contributed by atoms with Crippen LogP contribution in [0.5, 0.6) is 0 Å². The minimum Gasteiger partial charge on any atom is -0.262 e. The normalized spacial score (nSPS) is 16.8. The van der Waals surface area contributed by atoms with E-state index in [-0.39, 0.29) is 0 Å². The van der Waals surface area contributed by atoms with Crippen LogP contribution in [0, 0.1) is 0 Å². The molecular formula is C7H14FN. The Morgan fingerprint density at radius 2 is 2.22 bits per heavy atom. The number of halogens is 1. The van der Waals surface area contributed by atoms with Gasteiger partial charge in [-0.1, -0.05) is 13.3 Å². The molecule has 0 aromatic carbocycles. The SMILES string of the molecule is C=NC(C)(F)CCCC. The summed E-state index contributed by atoms with van der Waals surface area (Å²) in [5.74, 6) is -1.39. The first-order valence-electron chi connectivity index (χ1n) is 3.29. The summed E-state index contributed by atoms with van der Waals surface area (Å²) >= 11 is 0. The summed E-state index contributed by atoms with van der Waals surface area (Å²) in [6, 6.07) is 0. The second-order valence-electron chi connectivity index (χ2n) is 2.40. The quantitative estimate of drug-likeness (QED) is 0.410. The monoisotopic (exact) mass is 131 g/mol. The van der Waals surface area contributed by atoms with Crippen LogP contribution in [-0.4, -0.2) is 12.5 Å². The van der Waals surface area contributed by atoms with E-state index in [2.05, 4.69) is 11.7 Å². The van der Waals surface area contributed by atoms with Crippen molar-refractivity contribution in [2.24, 2.45) is 4.99 Å². The fourth-order valence-electron chi connectivity index (χ4n) is 0.578. The molecule has 0 aliphatic heterocycles. The van der Waals surface area contributed by atoms with Crippen molar-refractivity contribution in [3.8, 4) is 0 Å². The van der Waals surface area contributed by atoms with Gasteiger partial charge >= 0.3 is 0 Å². The van der Waals surface area contributed by atoms with E-state index < -0.39 is 5.79 Å². The van der Waals surface area contributed by atoms with Gasteiger partial charge in [0.15, 0.2) is 5.79 Å². The third-order valence-corrected chi connectivity index (χ3v) is 1.32. The van der Waals surface area contributed by atoms with Gasteiger partial charge in [0.2, 0.25) is 0 Å². The Labute approximate surface area is 56.0 Å². The Bertz CT molecular complexity index is 88.9. The summed E-state index contributed by atoms with van der Waals surface area (Å²) in [4.78, 5) is 3.34. The first kappa shape index (κ1) is 8.60. The molecule has 0 radical (unpaired) electrons. The summed E-state index contributed by atoms with van der Waals surface area (Å²) in [5.41, 5.74) is 0. The number of unbranched alkanes of at least 4 members (excludes halogenated alkanes) is 1. The van der Waals surface area contributed by atoms with Gasteiger partial charge in [0.05, 0.1) is 0 Å². The molecule has 1 unspecified atom stereocenters. The zero-order valence-electron chi connectivity index (χ0n) is 6.15. The molecule has 0 aliphatic carbocycles. The Morgan fingerprint density at radius 3 is 2.56 bits per heavy atom. The number of hydrogen-bond donors (Lipinski definition) is 0. The summed E-state index contributed by atoms with van der Waals surface area (Å²) < 4.78 is 12.8. The van der Waals surface area contributed by atoms with E-state index in [0.29, 0.717) is 6.42 Å². The summed E-state index contributed by atoms with van der Waals surface area (Å²) in [6.45, 7) is 6.64.